The molecule has 1 spiro atoms. The molecule has 1 atom stereocenters. The molecule has 2 aliphatic heterocycles. The molecule has 1 aromatic carbocycles. The number of rotatable bonds is 5. The van der Waals surface area contributed by atoms with Crippen molar-refractivity contribution in [2.24, 2.45) is 5.41 Å². The summed E-state index contributed by atoms with van der Waals surface area (Å²) in [5.41, 5.74) is 8.13. The molecule has 0 bridgehead atoms. The van der Waals surface area contributed by atoms with E-state index in [9.17, 15) is 4.79 Å². The highest BCUT2D eigenvalue weighted by Crippen LogP contribution is 2.41. The van der Waals surface area contributed by atoms with Crippen LogP contribution in [0.2, 0.25) is 0 Å². The Morgan fingerprint density at radius 3 is 2.69 bits per heavy atom. The maximum absolute atomic E-state index is 13.1. The highest BCUT2D eigenvalue weighted by atomic mass is 16.2. The van der Waals surface area contributed by atoms with Crippen LogP contribution >= 0.6 is 0 Å². The SMILES string of the molecule is Nc1ncccc1CN1CCC2(CCN(CCc3ccccc3)C2=O)C1. The summed E-state index contributed by atoms with van der Waals surface area (Å²) in [6.45, 7) is 4.27. The van der Waals surface area contributed by atoms with Crippen molar-refractivity contribution in [1.82, 2.24) is 14.8 Å². The molecule has 2 saturated heterocycles. The van der Waals surface area contributed by atoms with Gasteiger partial charge in [-0.15, -0.1) is 0 Å². The zero-order chi connectivity index (χ0) is 18.0. The fourth-order valence-corrected chi connectivity index (χ4v) is 4.31. The fraction of sp³-hybridized carbons (Fsp3) is 0.429. The van der Waals surface area contributed by atoms with E-state index in [0.29, 0.717) is 11.7 Å². The number of anilines is 1. The summed E-state index contributed by atoms with van der Waals surface area (Å²) in [7, 11) is 0. The van der Waals surface area contributed by atoms with Crippen LogP contribution in [0, 0.1) is 5.41 Å². The van der Waals surface area contributed by atoms with Gasteiger partial charge >= 0.3 is 0 Å². The summed E-state index contributed by atoms with van der Waals surface area (Å²) in [6, 6.07) is 14.3. The minimum Gasteiger partial charge on any atom is -0.383 e. The van der Waals surface area contributed by atoms with Crippen LogP contribution < -0.4 is 5.73 Å². The van der Waals surface area contributed by atoms with Crippen LogP contribution in [0.5, 0.6) is 0 Å². The van der Waals surface area contributed by atoms with Crippen LogP contribution in [0.15, 0.2) is 48.7 Å². The van der Waals surface area contributed by atoms with E-state index >= 15 is 0 Å². The lowest BCUT2D eigenvalue weighted by molar-refractivity contribution is -0.135. The van der Waals surface area contributed by atoms with Crippen LogP contribution in [0.4, 0.5) is 5.82 Å². The maximum Gasteiger partial charge on any atom is 0.230 e. The van der Waals surface area contributed by atoms with Gasteiger partial charge in [0.15, 0.2) is 0 Å². The van der Waals surface area contributed by atoms with E-state index in [2.05, 4.69) is 39.0 Å². The lowest BCUT2D eigenvalue weighted by Gasteiger charge is -2.24. The number of nitrogens with zero attached hydrogens (tertiary/aromatic N) is 3. The number of pyridine rings is 1. The van der Waals surface area contributed by atoms with Gasteiger partial charge in [-0.05, 0) is 37.4 Å². The van der Waals surface area contributed by atoms with Crippen LogP contribution in [0.1, 0.15) is 24.0 Å². The number of likely N-dealkylation sites (tertiary alicyclic amines) is 2. The number of carbonyl (C=O) groups excluding carboxylic acids is 1. The molecule has 0 radical (unpaired) electrons. The van der Waals surface area contributed by atoms with Gasteiger partial charge in [-0.3, -0.25) is 9.69 Å². The Kier molecular flexibility index (Phi) is 4.64. The normalized spacial score (nSPS) is 23.2. The number of nitrogen functional groups attached to an aromatic ring is 1. The summed E-state index contributed by atoms with van der Waals surface area (Å²) in [5, 5.41) is 0. The van der Waals surface area contributed by atoms with Gasteiger partial charge in [-0.2, -0.15) is 0 Å². The van der Waals surface area contributed by atoms with Crippen molar-refractivity contribution >= 4 is 11.7 Å². The first kappa shape index (κ1) is 17.0. The van der Waals surface area contributed by atoms with E-state index in [1.165, 1.54) is 5.56 Å². The Morgan fingerprint density at radius 2 is 1.88 bits per heavy atom. The van der Waals surface area contributed by atoms with Crippen LogP contribution in [0.3, 0.4) is 0 Å². The van der Waals surface area contributed by atoms with Crippen LogP contribution in [-0.2, 0) is 17.8 Å². The first-order valence-corrected chi connectivity index (χ1v) is 9.41. The van der Waals surface area contributed by atoms with Crippen LogP contribution in [0.25, 0.3) is 0 Å². The number of amides is 1. The first-order valence-electron chi connectivity index (χ1n) is 9.41. The predicted molar refractivity (Wildman–Crippen MR) is 102 cm³/mol. The minimum absolute atomic E-state index is 0.187. The number of benzene rings is 1. The van der Waals surface area contributed by atoms with Gasteiger partial charge in [-0.1, -0.05) is 36.4 Å². The molecule has 4 rings (SSSR count). The molecule has 0 saturated carbocycles. The average Bonchev–Trinajstić information content (AvgIpc) is 3.21. The summed E-state index contributed by atoms with van der Waals surface area (Å²) < 4.78 is 0. The van der Waals surface area contributed by atoms with Crippen molar-refractivity contribution in [3.05, 3.63) is 59.8 Å². The Bertz CT molecular complexity index is 779. The summed E-state index contributed by atoms with van der Waals surface area (Å²) >= 11 is 0. The topological polar surface area (TPSA) is 62.5 Å². The van der Waals surface area contributed by atoms with Gasteiger partial charge < -0.3 is 10.6 Å². The van der Waals surface area contributed by atoms with Crippen molar-refractivity contribution in [3.8, 4) is 0 Å². The number of carbonyl (C=O) groups is 1. The van der Waals surface area contributed by atoms with Gasteiger partial charge in [0.2, 0.25) is 5.91 Å². The molecule has 136 valence electrons. The molecule has 2 fully saturated rings. The molecule has 1 amide bonds. The molecule has 5 heteroatoms. The van der Waals surface area contributed by atoms with E-state index in [1.807, 2.05) is 18.2 Å². The third kappa shape index (κ3) is 3.31. The van der Waals surface area contributed by atoms with Gasteiger partial charge in [0.25, 0.3) is 0 Å². The second-order valence-corrected chi connectivity index (χ2v) is 7.57. The first-order chi connectivity index (χ1) is 12.7. The maximum atomic E-state index is 13.1. The molecule has 1 unspecified atom stereocenters. The van der Waals surface area contributed by atoms with Crippen molar-refractivity contribution in [2.75, 3.05) is 31.9 Å². The van der Waals surface area contributed by atoms with Gasteiger partial charge in [0, 0.05) is 37.9 Å². The van der Waals surface area contributed by atoms with E-state index < -0.39 is 0 Å². The summed E-state index contributed by atoms with van der Waals surface area (Å²) in [6.07, 6.45) is 4.57. The smallest absolute Gasteiger partial charge is 0.230 e. The zero-order valence-corrected chi connectivity index (χ0v) is 15.1. The Morgan fingerprint density at radius 1 is 1.08 bits per heavy atom. The minimum atomic E-state index is -0.187. The molecule has 3 heterocycles. The quantitative estimate of drug-likeness (QED) is 0.899. The summed E-state index contributed by atoms with van der Waals surface area (Å²) in [5.74, 6) is 0.936. The van der Waals surface area contributed by atoms with Crippen molar-refractivity contribution in [2.45, 2.75) is 25.8 Å². The standard InChI is InChI=1S/C21H26N4O/c22-19-18(7-4-11-23-19)15-24-13-9-21(16-24)10-14-25(20(21)26)12-8-17-5-2-1-3-6-17/h1-7,11H,8-10,12-16H2,(H2,22,23). The molecular weight excluding hydrogens is 324 g/mol. The second-order valence-electron chi connectivity index (χ2n) is 7.57. The van der Waals surface area contributed by atoms with Crippen molar-refractivity contribution in [3.63, 3.8) is 0 Å². The van der Waals surface area contributed by atoms with E-state index in [0.717, 1.165) is 57.5 Å². The van der Waals surface area contributed by atoms with Crippen molar-refractivity contribution in [1.29, 1.82) is 0 Å². The largest absolute Gasteiger partial charge is 0.383 e. The molecule has 2 aliphatic rings. The van der Waals surface area contributed by atoms with Crippen LogP contribution in [-0.4, -0.2) is 46.9 Å². The second kappa shape index (κ2) is 7.08. The Labute approximate surface area is 154 Å². The molecule has 0 aliphatic carbocycles. The highest BCUT2D eigenvalue weighted by molar-refractivity contribution is 5.85. The van der Waals surface area contributed by atoms with Gasteiger partial charge in [-0.25, -0.2) is 4.98 Å². The monoisotopic (exact) mass is 350 g/mol. The van der Waals surface area contributed by atoms with Gasteiger partial charge in [0.05, 0.1) is 5.41 Å². The molecular formula is C21H26N4O. The molecule has 1 aromatic heterocycles. The summed E-state index contributed by atoms with van der Waals surface area (Å²) in [4.78, 5) is 21.7. The number of aromatic nitrogens is 1. The predicted octanol–water partition coefficient (Wildman–Crippen LogP) is 2.33. The third-order valence-corrected chi connectivity index (χ3v) is 5.87. The molecule has 2 N–H and O–H groups in total. The molecule has 2 aromatic rings. The number of hydrogen-bond donors (Lipinski definition) is 1. The number of hydrogen-bond acceptors (Lipinski definition) is 4. The molecule has 26 heavy (non-hydrogen) atoms. The zero-order valence-electron chi connectivity index (χ0n) is 15.1. The lowest BCUT2D eigenvalue weighted by atomic mass is 9.85. The Balaban J connectivity index is 1.36. The van der Waals surface area contributed by atoms with Gasteiger partial charge in [0.1, 0.15) is 5.82 Å². The Hall–Kier alpha value is -2.40. The fourth-order valence-electron chi connectivity index (χ4n) is 4.31. The average molecular weight is 350 g/mol. The molecule has 5 nitrogen and oxygen atoms in total. The number of nitrogens with two attached hydrogens (primary N) is 1. The van der Waals surface area contributed by atoms with Crippen molar-refractivity contribution < 1.29 is 4.79 Å². The van der Waals surface area contributed by atoms with E-state index in [-0.39, 0.29) is 5.41 Å². The third-order valence-electron chi connectivity index (χ3n) is 5.87. The van der Waals surface area contributed by atoms with E-state index in [1.54, 1.807) is 6.20 Å². The lowest BCUT2D eigenvalue weighted by Crippen LogP contribution is -2.37. The van der Waals surface area contributed by atoms with E-state index in [4.69, 9.17) is 5.73 Å². The highest BCUT2D eigenvalue weighted by Gasteiger charge is 2.50.